The average molecular weight is 474 g/mol. The van der Waals surface area contributed by atoms with E-state index >= 15 is 0 Å². The molecule has 3 aromatic rings. The molecule has 11 heteroatoms. The third-order valence-electron chi connectivity index (χ3n) is 5.69. The van der Waals surface area contributed by atoms with Gasteiger partial charge >= 0.3 is 5.97 Å². The van der Waals surface area contributed by atoms with E-state index in [0.717, 1.165) is 16.5 Å². The van der Waals surface area contributed by atoms with E-state index in [9.17, 15) is 18.3 Å². The van der Waals surface area contributed by atoms with Crippen LogP contribution in [0.25, 0.3) is 10.9 Å². The van der Waals surface area contributed by atoms with Crippen LogP contribution in [0.1, 0.15) is 38.1 Å². The predicted molar refractivity (Wildman–Crippen MR) is 121 cm³/mol. The molecule has 2 atom stereocenters. The summed E-state index contributed by atoms with van der Waals surface area (Å²) in [6.45, 7) is 8.10. The van der Waals surface area contributed by atoms with Crippen LogP contribution in [-0.4, -0.2) is 63.0 Å². The van der Waals surface area contributed by atoms with E-state index in [4.69, 9.17) is 4.74 Å². The second-order valence-electron chi connectivity index (χ2n) is 8.73. The average Bonchev–Trinajstić information content (AvgIpc) is 3.28. The minimum atomic E-state index is -3.86. The Morgan fingerprint density at radius 1 is 1.21 bits per heavy atom. The van der Waals surface area contributed by atoms with Crippen LogP contribution in [0.4, 0.5) is 0 Å². The van der Waals surface area contributed by atoms with Gasteiger partial charge in [0.05, 0.1) is 29.8 Å². The first-order valence-corrected chi connectivity index (χ1v) is 12.2. The summed E-state index contributed by atoms with van der Waals surface area (Å²) >= 11 is 0. The molecule has 1 N–H and O–H groups in total. The number of hydrogen-bond donors (Lipinski definition) is 1. The number of aryl methyl sites for hydroxylation is 1. The normalized spacial score (nSPS) is 19.4. The smallest absolute Gasteiger partial charge is 0.309 e. The van der Waals surface area contributed by atoms with E-state index in [1.165, 1.54) is 16.4 Å². The second-order valence-corrected chi connectivity index (χ2v) is 10.6. The zero-order chi connectivity index (χ0) is 23.9. The van der Waals surface area contributed by atoms with Crippen molar-refractivity contribution < 1.29 is 23.1 Å². The molecule has 0 saturated carbocycles. The minimum absolute atomic E-state index is 0.0439. The fourth-order valence-corrected chi connectivity index (χ4v) is 5.57. The summed E-state index contributed by atoms with van der Waals surface area (Å²) in [5.74, 6) is -0.743. The van der Waals surface area contributed by atoms with Crippen molar-refractivity contribution >= 4 is 26.9 Å². The van der Waals surface area contributed by atoms with E-state index < -0.39 is 16.0 Å². The lowest BCUT2D eigenvalue weighted by molar-refractivity contribution is -0.136. The van der Waals surface area contributed by atoms with Gasteiger partial charge in [-0.25, -0.2) is 8.42 Å². The van der Waals surface area contributed by atoms with Crippen molar-refractivity contribution in [3.05, 3.63) is 41.6 Å². The van der Waals surface area contributed by atoms with E-state index in [0.29, 0.717) is 12.2 Å². The number of rotatable bonds is 7. The molecule has 0 spiro atoms. The number of hydrogen-bond acceptors (Lipinski definition) is 7. The fraction of sp³-hybridized carbons (Fsp3) is 0.455. The van der Waals surface area contributed by atoms with Crippen LogP contribution in [0.3, 0.4) is 0 Å². The summed E-state index contributed by atoms with van der Waals surface area (Å²) in [6, 6.07) is 8.39. The number of nitrogens with zero attached hydrogens (tertiary/aromatic N) is 5. The summed E-state index contributed by atoms with van der Waals surface area (Å²) in [4.78, 5) is 11.3. The van der Waals surface area contributed by atoms with Crippen molar-refractivity contribution in [1.82, 2.24) is 24.3 Å². The number of carboxylic acids is 1. The maximum absolute atomic E-state index is 13.2. The molecule has 1 aliphatic rings. The van der Waals surface area contributed by atoms with E-state index in [1.54, 1.807) is 4.68 Å². The fourth-order valence-electron chi connectivity index (χ4n) is 4.14. The Morgan fingerprint density at radius 3 is 2.61 bits per heavy atom. The van der Waals surface area contributed by atoms with Crippen LogP contribution in [-0.2, 0) is 21.2 Å². The van der Waals surface area contributed by atoms with Gasteiger partial charge in [0, 0.05) is 24.5 Å². The van der Waals surface area contributed by atoms with E-state index in [2.05, 4.69) is 15.3 Å². The van der Waals surface area contributed by atoms with Gasteiger partial charge in [0.15, 0.2) is 5.03 Å². The molecule has 1 fully saturated rings. The van der Waals surface area contributed by atoms with Crippen LogP contribution >= 0.6 is 0 Å². The Balaban J connectivity index is 1.64. The predicted octanol–water partition coefficient (Wildman–Crippen LogP) is 2.43. The van der Waals surface area contributed by atoms with Crippen molar-refractivity contribution in [2.45, 2.75) is 51.3 Å². The lowest BCUT2D eigenvalue weighted by atomic mass is 10.1. The summed E-state index contributed by atoms with van der Waals surface area (Å²) in [7, 11) is -3.86. The minimum Gasteiger partial charge on any atom is -0.481 e. The molecule has 0 aliphatic carbocycles. The molecule has 1 aromatic carbocycles. The number of fused-ring (bicyclic) bond motifs is 1. The largest absolute Gasteiger partial charge is 0.481 e. The molecule has 2 aromatic heterocycles. The number of sulfonamides is 1. The van der Waals surface area contributed by atoms with Crippen molar-refractivity contribution in [3.63, 3.8) is 0 Å². The van der Waals surface area contributed by atoms with E-state index in [-0.39, 0.29) is 41.9 Å². The Morgan fingerprint density at radius 2 is 1.97 bits per heavy atom. The molecular weight excluding hydrogens is 446 g/mol. The molecule has 4 rings (SSSR count). The van der Waals surface area contributed by atoms with Crippen LogP contribution in [0.5, 0.6) is 5.88 Å². The molecule has 33 heavy (non-hydrogen) atoms. The number of carbonyl (C=O) groups is 1. The third kappa shape index (κ3) is 4.55. The molecule has 1 saturated heterocycles. The first kappa shape index (κ1) is 23.1. The Hall–Kier alpha value is -3.05. The Labute approximate surface area is 192 Å². The van der Waals surface area contributed by atoms with Gasteiger partial charge < -0.3 is 9.84 Å². The zero-order valence-electron chi connectivity index (χ0n) is 19.0. The molecule has 3 heterocycles. The standard InChI is InChI=1S/C22H27N5O5S/c1-13(2)32-20-7-8-21(24-23-20)33(30,31)26-11-15(4)19(12-26)27-18-9-14(3)5-6-16(18)17(25-27)10-22(28)29/h5-9,13,15,19H,10-12H2,1-4H3,(H,28,29)/t15-,19+/m1/s1. The number of ether oxygens (including phenoxy) is 1. The van der Waals surface area contributed by atoms with Crippen molar-refractivity contribution in [2.75, 3.05) is 13.1 Å². The number of benzene rings is 1. The monoisotopic (exact) mass is 473 g/mol. The highest BCUT2D eigenvalue weighted by Crippen LogP contribution is 2.34. The van der Waals surface area contributed by atoms with Crippen molar-refractivity contribution in [1.29, 1.82) is 0 Å². The van der Waals surface area contributed by atoms with Gasteiger partial charge in [0.2, 0.25) is 5.88 Å². The molecular formula is C22H27N5O5S. The van der Waals surface area contributed by atoms with Crippen LogP contribution in [0.15, 0.2) is 35.4 Å². The molecule has 0 bridgehead atoms. The van der Waals surface area contributed by atoms with Crippen molar-refractivity contribution in [2.24, 2.45) is 5.92 Å². The maximum atomic E-state index is 13.2. The van der Waals surface area contributed by atoms with Gasteiger partial charge in [0.25, 0.3) is 10.0 Å². The van der Waals surface area contributed by atoms with Gasteiger partial charge in [-0.1, -0.05) is 19.1 Å². The Bertz CT molecular complexity index is 1290. The van der Waals surface area contributed by atoms with Crippen LogP contribution in [0, 0.1) is 12.8 Å². The number of carboxylic acid groups (broad SMARTS) is 1. The van der Waals surface area contributed by atoms with Gasteiger partial charge in [0.1, 0.15) is 0 Å². The highest BCUT2D eigenvalue weighted by molar-refractivity contribution is 7.89. The highest BCUT2D eigenvalue weighted by atomic mass is 32.2. The first-order valence-electron chi connectivity index (χ1n) is 10.8. The molecule has 176 valence electrons. The topological polar surface area (TPSA) is 128 Å². The quantitative estimate of drug-likeness (QED) is 0.554. The number of aromatic nitrogens is 4. The molecule has 0 amide bonds. The van der Waals surface area contributed by atoms with Crippen LogP contribution < -0.4 is 4.74 Å². The number of aliphatic carboxylic acids is 1. The zero-order valence-corrected chi connectivity index (χ0v) is 19.8. The molecule has 10 nitrogen and oxygen atoms in total. The van der Waals surface area contributed by atoms with Gasteiger partial charge in [-0.3, -0.25) is 9.48 Å². The molecule has 0 radical (unpaired) electrons. The lowest BCUT2D eigenvalue weighted by Gasteiger charge is -2.17. The maximum Gasteiger partial charge on any atom is 0.309 e. The van der Waals surface area contributed by atoms with Crippen molar-refractivity contribution in [3.8, 4) is 5.88 Å². The van der Waals surface area contributed by atoms with Gasteiger partial charge in [-0.15, -0.1) is 10.2 Å². The summed E-state index contributed by atoms with van der Waals surface area (Å²) in [5, 5.41) is 22.3. The van der Waals surface area contributed by atoms with Gasteiger partial charge in [-0.2, -0.15) is 9.40 Å². The SMILES string of the molecule is Cc1ccc2c(CC(=O)O)nn([C@H]3CN(S(=O)(=O)c4ccc(OC(C)C)nn4)C[C@H]3C)c2c1. The van der Waals surface area contributed by atoms with Gasteiger partial charge in [-0.05, 0) is 44.4 Å². The second kappa shape index (κ2) is 8.71. The van der Waals surface area contributed by atoms with Crippen LogP contribution in [0.2, 0.25) is 0 Å². The molecule has 0 unspecified atom stereocenters. The third-order valence-corrected chi connectivity index (χ3v) is 7.41. The first-order chi connectivity index (χ1) is 15.6. The van der Waals surface area contributed by atoms with E-state index in [1.807, 2.05) is 45.9 Å². The molecule has 1 aliphatic heterocycles. The summed E-state index contributed by atoms with van der Waals surface area (Å²) < 4.78 is 35.1. The summed E-state index contributed by atoms with van der Waals surface area (Å²) in [6.07, 6.45) is -0.295. The lowest BCUT2D eigenvalue weighted by Crippen LogP contribution is -2.30. The summed E-state index contributed by atoms with van der Waals surface area (Å²) in [5.41, 5.74) is 2.29. The highest BCUT2D eigenvalue weighted by Gasteiger charge is 2.40. The Kier molecular flexibility index (Phi) is 6.10.